The van der Waals surface area contributed by atoms with Crippen molar-refractivity contribution in [1.82, 2.24) is 20.2 Å². The molecule has 0 spiro atoms. The molecule has 3 rings (SSSR count). The van der Waals surface area contributed by atoms with Crippen molar-refractivity contribution in [2.24, 2.45) is 0 Å². The molecule has 9 heteroatoms. The lowest BCUT2D eigenvalue weighted by Crippen LogP contribution is -2.14. The Kier molecular flexibility index (Phi) is 4.84. The highest BCUT2D eigenvalue weighted by Crippen LogP contribution is 2.22. The van der Waals surface area contributed by atoms with Gasteiger partial charge < -0.3 is 9.73 Å². The van der Waals surface area contributed by atoms with E-state index in [4.69, 9.17) is 16.0 Å². The average molecular weight is 348 g/mol. The highest BCUT2D eigenvalue weighted by atomic mass is 35.5. The SMILES string of the molecule is O=C(CSc1nnc(-c2ccccn2)o1)Nc1cccnc1Cl. The molecule has 1 N–H and O–H groups in total. The van der Waals surface area contributed by atoms with Crippen LogP contribution in [0, 0.1) is 0 Å². The van der Waals surface area contributed by atoms with E-state index in [1.807, 2.05) is 6.07 Å². The number of pyridine rings is 2. The molecule has 0 radical (unpaired) electrons. The van der Waals surface area contributed by atoms with Crippen LogP contribution in [0.4, 0.5) is 5.69 Å². The lowest BCUT2D eigenvalue weighted by molar-refractivity contribution is -0.113. The fraction of sp³-hybridized carbons (Fsp3) is 0.0714. The first-order chi connectivity index (χ1) is 11.2. The van der Waals surface area contributed by atoms with Gasteiger partial charge in [-0.15, -0.1) is 10.2 Å². The lowest BCUT2D eigenvalue weighted by Gasteiger charge is -2.04. The van der Waals surface area contributed by atoms with E-state index in [1.165, 1.54) is 0 Å². The number of rotatable bonds is 5. The summed E-state index contributed by atoms with van der Waals surface area (Å²) in [6, 6.07) is 8.74. The van der Waals surface area contributed by atoms with E-state index in [1.54, 1.807) is 36.7 Å². The zero-order valence-electron chi connectivity index (χ0n) is 11.6. The summed E-state index contributed by atoms with van der Waals surface area (Å²) in [5.41, 5.74) is 1.04. The van der Waals surface area contributed by atoms with Gasteiger partial charge in [-0.3, -0.25) is 9.78 Å². The van der Waals surface area contributed by atoms with Crippen LogP contribution in [0.1, 0.15) is 0 Å². The molecule has 3 aromatic heterocycles. The molecule has 1 amide bonds. The Balaban J connectivity index is 1.58. The maximum Gasteiger partial charge on any atom is 0.277 e. The summed E-state index contributed by atoms with van der Waals surface area (Å²) in [6.07, 6.45) is 3.18. The van der Waals surface area contributed by atoms with Crippen LogP contribution in [-0.2, 0) is 4.79 Å². The Bertz CT molecular complexity index is 812. The monoisotopic (exact) mass is 347 g/mol. The predicted octanol–water partition coefficient (Wildman–Crippen LogP) is 2.91. The zero-order chi connectivity index (χ0) is 16.1. The van der Waals surface area contributed by atoms with Crippen molar-refractivity contribution in [2.75, 3.05) is 11.1 Å². The smallest absolute Gasteiger partial charge is 0.277 e. The van der Waals surface area contributed by atoms with Gasteiger partial charge in [-0.1, -0.05) is 29.4 Å². The number of amides is 1. The summed E-state index contributed by atoms with van der Waals surface area (Å²) < 4.78 is 5.45. The van der Waals surface area contributed by atoms with E-state index in [2.05, 4.69) is 25.5 Å². The van der Waals surface area contributed by atoms with Crippen LogP contribution >= 0.6 is 23.4 Å². The van der Waals surface area contributed by atoms with Crippen molar-refractivity contribution >= 4 is 35.0 Å². The van der Waals surface area contributed by atoms with E-state index in [0.29, 0.717) is 17.3 Å². The molecule has 0 saturated heterocycles. The van der Waals surface area contributed by atoms with Crippen molar-refractivity contribution in [1.29, 1.82) is 0 Å². The first-order valence-electron chi connectivity index (χ1n) is 6.50. The second-order valence-electron chi connectivity index (χ2n) is 4.27. The molecule has 7 nitrogen and oxygen atoms in total. The summed E-state index contributed by atoms with van der Waals surface area (Å²) in [7, 11) is 0. The molecule has 0 aliphatic rings. The van der Waals surface area contributed by atoms with E-state index < -0.39 is 0 Å². The lowest BCUT2D eigenvalue weighted by atomic mass is 10.3. The number of hydrogen-bond donors (Lipinski definition) is 1. The maximum absolute atomic E-state index is 11.9. The van der Waals surface area contributed by atoms with Gasteiger partial charge in [-0.25, -0.2) is 4.98 Å². The van der Waals surface area contributed by atoms with Gasteiger partial charge in [-0.05, 0) is 24.3 Å². The molecule has 23 heavy (non-hydrogen) atoms. The number of nitrogens with one attached hydrogen (secondary N) is 1. The highest BCUT2D eigenvalue weighted by Gasteiger charge is 2.12. The second kappa shape index (κ2) is 7.21. The van der Waals surface area contributed by atoms with Crippen LogP contribution < -0.4 is 5.32 Å². The minimum absolute atomic E-state index is 0.106. The second-order valence-corrected chi connectivity index (χ2v) is 5.55. The fourth-order valence-electron chi connectivity index (χ4n) is 1.65. The first kappa shape index (κ1) is 15.4. The van der Waals surface area contributed by atoms with Gasteiger partial charge in [0.2, 0.25) is 5.91 Å². The van der Waals surface area contributed by atoms with E-state index in [0.717, 1.165) is 11.8 Å². The molecule has 3 aromatic rings. The minimum atomic E-state index is -0.248. The molecule has 0 fully saturated rings. The van der Waals surface area contributed by atoms with E-state index in [9.17, 15) is 4.79 Å². The van der Waals surface area contributed by atoms with Crippen LogP contribution in [0.5, 0.6) is 0 Å². The van der Waals surface area contributed by atoms with Crippen LogP contribution in [0.2, 0.25) is 5.15 Å². The molecule has 0 bridgehead atoms. The number of thioether (sulfide) groups is 1. The van der Waals surface area contributed by atoms with Crippen LogP contribution in [-0.4, -0.2) is 31.8 Å². The normalized spacial score (nSPS) is 10.5. The largest absolute Gasteiger partial charge is 0.410 e. The maximum atomic E-state index is 11.9. The minimum Gasteiger partial charge on any atom is -0.410 e. The van der Waals surface area contributed by atoms with Crippen molar-refractivity contribution in [3.05, 3.63) is 47.9 Å². The molecule has 0 saturated carbocycles. The molecule has 0 aliphatic carbocycles. The summed E-state index contributed by atoms with van der Waals surface area (Å²) in [5, 5.41) is 11.0. The Morgan fingerprint density at radius 1 is 1.17 bits per heavy atom. The third-order valence-electron chi connectivity index (χ3n) is 2.65. The molecule has 0 aliphatic heterocycles. The van der Waals surface area contributed by atoms with Crippen LogP contribution in [0.25, 0.3) is 11.6 Å². The first-order valence-corrected chi connectivity index (χ1v) is 7.87. The van der Waals surface area contributed by atoms with Crippen molar-refractivity contribution in [2.45, 2.75) is 5.22 Å². The fourth-order valence-corrected chi connectivity index (χ4v) is 2.38. The highest BCUT2D eigenvalue weighted by molar-refractivity contribution is 7.99. The number of nitrogens with zero attached hydrogens (tertiary/aromatic N) is 4. The molecule has 0 atom stereocenters. The van der Waals surface area contributed by atoms with E-state index >= 15 is 0 Å². The Morgan fingerprint density at radius 2 is 2.04 bits per heavy atom. The molecule has 0 unspecified atom stereocenters. The number of hydrogen-bond acceptors (Lipinski definition) is 7. The third-order valence-corrected chi connectivity index (χ3v) is 3.77. The average Bonchev–Trinajstić information content (AvgIpc) is 3.05. The molecular weight excluding hydrogens is 338 g/mol. The number of carbonyl (C=O) groups is 1. The van der Waals surface area contributed by atoms with Gasteiger partial charge in [0, 0.05) is 12.4 Å². The van der Waals surface area contributed by atoms with Gasteiger partial charge in [0.15, 0.2) is 5.15 Å². The van der Waals surface area contributed by atoms with Gasteiger partial charge in [0.25, 0.3) is 11.1 Å². The Hall–Kier alpha value is -2.45. The quantitative estimate of drug-likeness (QED) is 0.560. The van der Waals surface area contributed by atoms with Gasteiger partial charge in [0.05, 0.1) is 11.4 Å². The van der Waals surface area contributed by atoms with Gasteiger partial charge in [0.1, 0.15) is 5.69 Å². The molecule has 0 aromatic carbocycles. The standard InChI is InChI=1S/C14H10ClN5O2S/c15-12-9(5-3-7-17-12)18-11(21)8-23-14-20-19-13(22-14)10-4-1-2-6-16-10/h1-7H,8H2,(H,18,21). The van der Waals surface area contributed by atoms with Gasteiger partial charge in [-0.2, -0.15) is 0 Å². The summed E-state index contributed by atoms with van der Waals surface area (Å²) >= 11 is 7.00. The Morgan fingerprint density at radius 3 is 2.83 bits per heavy atom. The number of anilines is 1. The third kappa shape index (κ3) is 4.05. The van der Waals surface area contributed by atoms with Crippen LogP contribution in [0.3, 0.4) is 0 Å². The van der Waals surface area contributed by atoms with Crippen molar-refractivity contribution in [3.63, 3.8) is 0 Å². The number of halogens is 1. The van der Waals surface area contributed by atoms with Crippen LogP contribution in [0.15, 0.2) is 52.4 Å². The predicted molar refractivity (Wildman–Crippen MR) is 86.1 cm³/mol. The number of carbonyl (C=O) groups excluding carboxylic acids is 1. The van der Waals surface area contributed by atoms with Crippen molar-refractivity contribution < 1.29 is 9.21 Å². The van der Waals surface area contributed by atoms with E-state index in [-0.39, 0.29) is 22.0 Å². The van der Waals surface area contributed by atoms with Gasteiger partial charge >= 0.3 is 0 Å². The summed E-state index contributed by atoms with van der Waals surface area (Å²) in [4.78, 5) is 19.9. The Labute approximate surface area is 140 Å². The summed E-state index contributed by atoms with van der Waals surface area (Å²) in [5.74, 6) is 0.168. The zero-order valence-corrected chi connectivity index (χ0v) is 13.2. The topological polar surface area (TPSA) is 93.8 Å². The number of aromatic nitrogens is 4. The molecule has 3 heterocycles. The summed E-state index contributed by atoms with van der Waals surface area (Å²) in [6.45, 7) is 0. The molecular formula is C14H10ClN5O2S. The molecule has 116 valence electrons. The van der Waals surface area contributed by atoms with Crippen molar-refractivity contribution in [3.8, 4) is 11.6 Å².